The van der Waals surface area contributed by atoms with Crippen LogP contribution in [0.1, 0.15) is 49.2 Å². The van der Waals surface area contributed by atoms with Crippen molar-refractivity contribution >= 4 is 24.0 Å². The van der Waals surface area contributed by atoms with Crippen molar-refractivity contribution in [1.82, 2.24) is 5.32 Å². The van der Waals surface area contributed by atoms with Crippen molar-refractivity contribution < 1.29 is 61.8 Å². The van der Waals surface area contributed by atoms with E-state index in [-0.39, 0.29) is 31.9 Å². The molecule has 3 aromatic carbocycles. The number of esters is 3. The number of alkyl carbamates (subject to hydrolysis) is 1. The van der Waals surface area contributed by atoms with Gasteiger partial charge in [-0.05, 0) is 42.6 Å². The molecule has 10 atom stereocenters. The summed E-state index contributed by atoms with van der Waals surface area (Å²) in [5, 5.41) is 6.39. The Morgan fingerprint density at radius 2 is 1.25 bits per heavy atom. The lowest BCUT2D eigenvalue weighted by Gasteiger charge is -2.48. The number of rotatable bonds is 16. The van der Waals surface area contributed by atoms with Gasteiger partial charge in [-0.1, -0.05) is 84.0 Å². The molecule has 1 amide bonds. The first-order chi connectivity index (χ1) is 27.5. The van der Waals surface area contributed by atoms with Crippen LogP contribution < -0.4 is 5.32 Å². The molecule has 0 spiro atoms. The quantitative estimate of drug-likeness (QED) is 0.0497. The first kappa shape index (κ1) is 42.6. The Labute approximate surface area is 329 Å². The van der Waals surface area contributed by atoms with Crippen LogP contribution >= 0.6 is 0 Å². The van der Waals surface area contributed by atoms with E-state index in [9.17, 15) is 24.7 Å². The van der Waals surface area contributed by atoms with Crippen LogP contribution in [0.4, 0.5) is 4.79 Å². The SMILES string of the molecule is CC(=O)O[C@H]1[C@H](O[C@@H]2[C@@H](OCc3ccccc3)[C@H](C)O[C@@H](OCCNC(=O)OCc3ccccc3)[C@@H]2OC(=O)c2ccccc2)O[C@H](C)[C@@H](N=[N+]=[N-])[C@@H]1OC(C)=O. The topological polar surface area (TPSA) is 212 Å². The van der Waals surface area contributed by atoms with Gasteiger partial charge in [0.25, 0.3) is 0 Å². The second kappa shape index (κ2) is 21.1. The average Bonchev–Trinajstić information content (AvgIpc) is 3.20. The molecule has 0 aliphatic carbocycles. The number of nitrogens with one attached hydrogen (secondary N) is 1. The van der Waals surface area contributed by atoms with Crippen LogP contribution in [0.25, 0.3) is 10.4 Å². The van der Waals surface area contributed by atoms with Crippen molar-refractivity contribution in [3.05, 3.63) is 118 Å². The van der Waals surface area contributed by atoms with Gasteiger partial charge >= 0.3 is 24.0 Å². The average molecular weight is 791 g/mol. The van der Waals surface area contributed by atoms with Crippen molar-refractivity contribution in [1.29, 1.82) is 0 Å². The minimum atomic E-state index is -1.49. The first-order valence-electron chi connectivity index (χ1n) is 18.4. The number of hydrogen-bond acceptors (Lipinski definition) is 14. The fourth-order valence-electron chi connectivity index (χ4n) is 6.36. The number of carbonyl (C=O) groups is 4. The van der Waals surface area contributed by atoms with E-state index in [4.69, 9.17) is 42.6 Å². The predicted octanol–water partition coefficient (Wildman–Crippen LogP) is 5.16. The summed E-state index contributed by atoms with van der Waals surface area (Å²) in [4.78, 5) is 53.8. The summed E-state index contributed by atoms with van der Waals surface area (Å²) in [6, 6.07) is 25.6. The van der Waals surface area contributed by atoms with E-state index in [2.05, 4.69) is 15.3 Å². The molecule has 2 heterocycles. The van der Waals surface area contributed by atoms with Gasteiger partial charge in [0.1, 0.15) is 24.9 Å². The number of ether oxygens (including phenoxy) is 9. The molecule has 0 bridgehead atoms. The number of azide groups is 1. The summed E-state index contributed by atoms with van der Waals surface area (Å²) in [6.07, 6.45) is -11.6. The lowest BCUT2D eigenvalue weighted by atomic mass is 9.95. The van der Waals surface area contributed by atoms with Crippen molar-refractivity contribution in [2.45, 2.75) is 102 Å². The molecule has 2 aliphatic heterocycles. The van der Waals surface area contributed by atoms with E-state index >= 15 is 0 Å². The number of benzene rings is 3. The Morgan fingerprint density at radius 1 is 0.684 bits per heavy atom. The number of hydrogen-bond donors (Lipinski definition) is 1. The highest BCUT2D eigenvalue weighted by Gasteiger charge is 2.55. The van der Waals surface area contributed by atoms with Crippen LogP contribution in [-0.2, 0) is 65.4 Å². The normalized spacial score (nSPS) is 26.9. The number of carbonyl (C=O) groups excluding carboxylic acids is 4. The Morgan fingerprint density at radius 3 is 1.86 bits per heavy atom. The highest BCUT2D eigenvalue weighted by molar-refractivity contribution is 5.89. The van der Waals surface area contributed by atoms with Gasteiger partial charge in [0, 0.05) is 25.3 Å². The standard InChI is InChI=1S/C40H46N4O13/c1-24-31(43-44-41)33(54-26(3)45)35(55-27(4)46)39(52-24)57-34-32(50-22-28-14-8-5-9-15-28)25(2)53-38(36(34)56-37(47)30-18-12-7-13-19-30)49-21-20-42-40(48)51-23-29-16-10-6-11-17-29/h5-19,24-25,31-36,38-39H,20-23H2,1-4H3,(H,42,48)/t24-,25+,31-,32+,33+,34-,35-,36-,38-,39+/m1/s1. The van der Waals surface area contributed by atoms with Gasteiger partial charge in [-0.2, -0.15) is 0 Å². The second-order valence-corrected chi connectivity index (χ2v) is 13.2. The summed E-state index contributed by atoms with van der Waals surface area (Å²) < 4.78 is 54.3. The fourth-order valence-corrected chi connectivity index (χ4v) is 6.36. The molecule has 3 aromatic rings. The molecule has 5 rings (SSSR count). The molecular weight excluding hydrogens is 744 g/mol. The largest absolute Gasteiger partial charge is 0.458 e. The van der Waals surface area contributed by atoms with Crippen LogP contribution in [0.3, 0.4) is 0 Å². The van der Waals surface area contributed by atoms with E-state index in [1.807, 2.05) is 60.7 Å². The van der Waals surface area contributed by atoms with Gasteiger partial charge in [0.05, 0.1) is 31.0 Å². The summed E-state index contributed by atoms with van der Waals surface area (Å²) in [7, 11) is 0. The van der Waals surface area contributed by atoms with Crippen LogP contribution in [-0.4, -0.2) is 98.5 Å². The van der Waals surface area contributed by atoms with Crippen molar-refractivity contribution in [3.8, 4) is 0 Å². The first-order valence-corrected chi connectivity index (χ1v) is 18.4. The van der Waals surface area contributed by atoms with E-state index in [1.165, 1.54) is 0 Å². The van der Waals surface area contributed by atoms with Crippen molar-refractivity contribution in [2.24, 2.45) is 5.11 Å². The third kappa shape index (κ3) is 12.2. The molecule has 0 unspecified atom stereocenters. The summed E-state index contributed by atoms with van der Waals surface area (Å²) in [5.74, 6) is -2.27. The molecule has 0 radical (unpaired) electrons. The van der Waals surface area contributed by atoms with E-state index in [0.29, 0.717) is 0 Å². The van der Waals surface area contributed by atoms with Gasteiger partial charge in [-0.3, -0.25) is 9.59 Å². The van der Waals surface area contributed by atoms with E-state index < -0.39 is 85.4 Å². The molecule has 304 valence electrons. The molecule has 2 aliphatic rings. The lowest BCUT2D eigenvalue weighted by Crippen LogP contribution is -2.65. The molecule has 0 saturated carbocycles. The van der Waals surface area contributed by atoms with Gasteiger partial charge in [0.15, 0.2) is 30.9 Å². The maximum Gasteiger partial charge on any atom is 0.407 e. The molecular formula is C40H46N4O13. The second-order valence-electron chi connectivity index (χ2n) is 13.2. The fraction of sp³-hybridized carbons (Fsp3) is 0.450. The Kier molecular flexibility index (Phi) is 15.8. The zero-order valence-corrected chi connectivity index (χ0v) is 31.9. The third-order valence-corrected chi connectivity index (χ3v) is 8.97. The zero-order valence-electron chi connectivity index (χ0n) is 31.9. The highest BCUT2D eigenvalue weighted by atomic mass is 16.8. The summed E-state index contributed by atoms with van der Waals surface area (Å²) in [5.41, 5.74) is 11.2. The monoisotopic (exact) mass is 790 g/mol. The maximum atomic E-state index is 13.7. The predicted molar refractivity (Wildman–Crippen MR) is 199 cm³/mol. The summed E-state index contributed by atoms with van der Waals surface area (Å²) >= 11 is 0. The Hall–Kier alpha value is -5.55. The Bertz CT molecular complexity index is 1820. The molecule has 17 heteroatoms. The van der Waals surface area contributed by atoms with Gasteiger partial charge in [-0.25, -0.2) is 9.59 Å². The van der Waals surface area contributed by atoms with Gasteiger partial charge < -0.3 is 47.9 Å². The molecule has 0 aromatic heterocycles. The third-order valence-electron chi connectivity index (χ3n) is 8.97. The minimum absolute atomic E-state index is 0.0106. The molecule has 2 saturated heterocycles. The van der Waals surface area contributed by atoms with Crippen molar-refractivity contribution in [2.75, 3.05) is 13.2 Å². The minimum Gasteiger partial charge on any atom is -0.458 e. The van der Waals surface area contributed by atoms with Gasteiger partial charge in [-0.15, -0.1) is 0 Å². The molecule has 1 N–H and O–H groups in total. The maximum absolute atomic E-state index is 13.7. The zero-order chi connectivity index (χ0) is 40.7. The van der Waals surface area contributed by atoms with Crippen LogP contribution in [0.15, 0.2) is 96.1 Å². The number of nitrogens with zero attached hydrogens (tertiary/aromatic N) is 3. The van der Waals surface area contributed by atoms with Crippen molar-refractivity contribution in [3.63, 3.8) is 0 Å². The molecule has 2 fully saturated rings. The van der Waals surface area contributed by atoms with Crippen LogP contribution in [0, 0.1) is 0 Å². The summed E-state index contributed by atoms with van der Waals surface area (Å²) in [6.45, 7) is 5.61. The van der Waals surface area contributed by atoms with E-state index in [0.717, 1.165) is 25.0 Å². The van der Waals surface area contributed by atoms with Crippen LogP contribution in [0.5, 0.6) is 0 Å². The van der Waals surface area contributed by atoms with Crippen LogP contribution in [0.2, 0.25) is 0 Å². The molecule has 17 nitrogen and oxygen atoms in total. The number of amides is 1. The van der Waals surface area contributed by atoms with Gasteiger partial charge in [0.2, 0.25) is 0 Å². The smallest absolute Gasteiger partial charge is 0.407 e. The lowest BCUT2D eigenvalue weighted by molar-refractivity contribution is -0.351. The Balaban J connectivity index is 1.44. The van der Waals surface area contributed by atoms with E-state index in [1.54, 1.807) is 44.2 Å². The molecule has 57 heavy (non-hydrogen) atoms. The highest BCUT2D eigenvalue weighted by Crippen LogP contribution is 2.35.